The summed E-state index contributed by atoms with van der Waals surface area (Å²) in [7, 11) is 0. The molecule has 0 aliphatic carbocycles. The highest BCUT2D eigenvalue weighted by atomic mass is 19.1. The quantitative estimate of drug-likeness (QED) is 0.836. The first-order valence-corrected chi connectivity index (χ1v) is 7.21. The molecule has 1 fully saturated rings. The van der Waals surface area contributed by atoms with Gasteiger partial charge in [-0.1, -0.05) is 0 Å². The highest BCUT2D eigenvalue weighted by molar-refractivity contribution is 6.03. The van der Waals surface area contributed by atoms with Crippen molar-refractivity contribution in [2.24, 2.45) is 0 Å². The summed E-state index contributed by atoms with van der Waals surface area (Å²) in [6, 6.07) is 4.57. The molecule has 2 N–H and O–H groups in total. The number of rotatable bonds is 4. The zero-order chi connectivity index (χ0) is 18.0. The van der Waals surface area contributed by atoms with E-state index in [-0.39, 0.29) is 12.2 Å². The topological polar surface area (TPSA) is 103 Å². The molecule has 0 unspecified atom stereocenters. The fourth-order valence-corrected chi connectivity index (χ4v) is 2.21. The maximum Gasteiger partial charge on any atom is 0.351 e. The second kappa shape index (κ2) is 7.05. The molecule has 0 saturated carbocycles. The second-order valence-electron chi connectivity index (χ2n) is 5.12. The van der Waals surface area contributed by atoms with Gasteiger partial charge in [-0.15, -0.1) is 0 Å². The second-order valence-corrected chi connectivity index (χ2v) is 5.12. The molecule has 25 heavy (non-hydrogen) atoms. The molecule has 0 bridgehead atoms. The Morgan fingerprint density at radius 1 is 1.36 bits per heavy atom. The molecule has 2 atom stereocenters. The summed E-state index contributed by atoms with van der Waals surface area (Å²) < 4.78 is 38.1. The summed E-state index contributed by atoms with van der Waals surface area (Å²) in [6.45, 7) is -0.472. The van der Waals surface area contributed by atoms with Crippen molar-refractivity contribution in [3.63, 3.8) is 0 Å². The lowest BCUT2D eigenvalue weighted by atomic mass is 10.2. The first-order chi connectivity index (χ1) is 12.0. The first kappa shape index (κ1) is 17.1. The minimum Gasteiger partial charge on any atom is -0.391 e. The Balaban J connectivity index is 1.79. The van der Waals surface area contributed by atoms with E-state index in [0.29, 0.717) is 0 Å². The molecule has 3 rings (SSSR count). The van der Waals surface area contributed by atoms with Crippen molar-refractivity contribution in [2.45, 2.75) is 12.5 Å². The monoisotopic (exact) mass is 353 g/mol. The van der Waals surface area contributed by atoms with Crippen LogP contribution in [0.4, 0.5) is 14.6 Å². The highest BCUT2D eigenvalue weighted by Crippen LogP contribution is 2.20. The number of hydrogen-bond acceptors (Lipinski definition) is 6. The number of aromatic nitrogens is 2. The third-order valence-electron chi connectivity index (χ3n) is 3.44. The summed E-state index contributed by atoms with van der Waals surface area (Å²) >= 11 is 0. The number of anilines is 1. The van der Waals surface area contributed by atoms with Crippen molar-refractivity contribution in [2.75, 3.05) is 18.5 Å². The van der Waals surface area contributed by atoms with Gasteiger partial charge in [0.1, 0.15) is 5.82 Å². The van der Waals surface area contributed by atoms with Crippen LogP contribution in [0.1, 0.15) is 16.6 Å². The number of ether oxygens (including phenoxy) is 2. The van der Waals surface area contributed by atoms with Gasteiger partial charge in [0.15, 0.2) is 24.2 Å². The number of aliphatic hydroxyl groups excluding tert-OH is 1. The Labute approximate surface area is 139 Å². The van der Waals surface area contributed by atoms with E-state index in [0.717, 1.165) is 22.9 Å². The van der Waals surface area contributed by atoms with Crippen LogP contribution in [-0.2, 0) is 9.47 Å². The molecule has 10 heteroatoms. The zero-order valence-electron chi connectivity index (χ0n) is 12.7. The van der Waals surface area contributed by atoms with Gasteiger partial charge in [-0.3, -0.25) is 9.36 Å². The molecule has 1 aromatic carbocycles. The highest BCUT2D eigenvalue weighted by Gasteiger charge is 2.28. The number of halogens is 2. The molecule has 1 aliphatic heterocycles. The number of carbonyl (C=O) groups excluding carboxylic acids is 1. The lowest BCUT2D eigenvalue weighted by molar-refractivity contribution is -0.0993. The van der Waals surface area contributed by atoms with E-state index in [1.54, 1.807) is 0 Å². The van der Waals surface area contributed by atoms with Crippen molar-refractivity contribution in [3.05, 3.63) is 58.1 Å². The van der Waals surface area contributed by atoms with E-state index < -0.39 is 48.2 Å². The molecule has 1 aromatic heterocycles. The van der Waals surface area contributed by atoms with Crippen LogP contribution in [0.15, 0.2) is 35.3 Å². The van der Waals surface area contributed by atoms with Gasteiger partial charge in [-0.05, 0) is 24.3 Å². The third kappa shape index (κ3) is 3.71. The van der Waals surface area contributed by atoms with Crippen molar-refractivity contribution < 1.29 is 28.2 Å². The summed E-state index contributed by atoms with van der Waals surface area (Å²) in [5.74, 6) is -2.80. The molecular formula is C15H13F2N3O5. The van der Waals surface area contributed by atoms with Gasteiger partial charge >= 0.3 is 5.69 Å². The number of amides is 1. The summed E-state index contributed by atoms with van der Waals surface area (Å²) in [5, 5.41) is 11.1. The van der Waals surface area contributed by atoms with Gasteiger partial charge in [-0.2, -0.15) is 4.98 Å². The van der Waals surface area contributed by atoms with Gasteiger partial charge in [-0.25, -0.2) is 13.6 Å². The summed E-state index contributed by atoms with van der Waals surface area (Å²) in [4.78, 5) is 27.5. The minimum absolute atomic E-state index is 0.0620. The lowest BCUT2D eigenvalue weighted by Gasteiger charge is -2.13. The summed E-state index contributed by atoms with van der Waals surface area (Å²) in [5.41, 5.74) is -0.798. The fourth-order valence-electron chi connectivity index (χ4n) is 2.21. The van der Waals surface area contributed by atoms with Crippen LogP contribution in [0, 0.1) is 11.6 Å². The molecule has 0 spiro atoms. The first-order valence-electron chi connectivity index (χ1n) is 7.21. The van der Waals surface area contributed by atoms with Crippen molar-refractivity contribution in [1.82, 2.24) is 9.55 Å². The Morgan fingerprint density at radius 3 is 2.72 bits per heavy atom. The SMILES string of the molecule is O=C(Nc1nc(=O)n([C@H]2CO[C@@H](CO)O2)cc1F)c1ccc(F)cc1. The van der Waals surface area contributed by atoms with Gasteiger partial charge in [0.05, 0.1) is 19.4 Å². The predicted octanol–water partition coefficient (Wildman–Crippen LogP) is 0.638. The Kier molecular flexibility index (Phi) is 4.83. The number of nitrogens with zero attached hydrogens (tertiary/aromatic N) is 2. The molecule has 132 valence electrons. The van der Waals surface area contributed by atoms with Crippen LogP contribution in [0.3, 0.4) is 0 Å². The van der Waals surface area contributed by atoms with Crippen LogP contribution in [0.25, 0.3) is 0 Å². The Bertz CT molecular complexity index is 840. The fraction of sp³-hybridized carbons (Fsp3) is 0.267. The number of nitrogens with one attached hydrogen (secondary N) is 1. The largest absolute Gasteiger partial charge is 0.391 e. The van der Waals surface area contributed by atoms with Crippen molar-refractivity contribution >= 4 is 11.7 Å². The predicted molar refractivity (Wildman–Crippen MR) is 79.8 cm³/mol. The van der Waals surface area contributed by atoms with Crippen LogP contribution in [-0.4, -0.2) is 40.1 Å². The zero-order valence-corrected chi connectivity index (χ0v) is 12.7. The van der Waals surface area contributed by atoms with Crippen LogP contribution in [0.5, 0.6) is 0 Å². The van der Waals surface area contributed by atoms with E-state index >= 15 is 0 Å². The molecule has 1 saturated heterocycles. The number of carbonyl (C=O) groups is 1. The third-order valence-corrected chi connectivity index (χ3v) is 3.44. The maximum absolute atomic E-state index is 14.2. The van der Waals surface area contributed by atoms with E-state index in [9.17, 15) is 18.4 Å². The Morgan fingerprint density at radius 2 is 2.08 bits per heavy atom. The maximum atomic E-state index is 14.2. The van der Waals surface area contributed by atoms with E-state index in [1.807, 2.05) is 0 Å². The molecule has 1 amide bonds. The average molecular weight is 353 g/mol. The van der Waals surface area contributed by atoms with Gasteiger partial charge in [0, 0.05) is 5.56 Å². The van der Waals surface area contributed by atoms with Crippen molar-refractivity contribution in [3.8, 4) is 0 Å². The van der Waals surface area contributed by atoms with E-state index in [4.69, 9.17) is 14.6 Å². The molecule has 0 radical (unpaired) electrons. The molecular weight excluding hydrogens is 340 g/mol. The van der Waals surface area contributed by atoms with Crippen molar-refractivity contribution in [1.29, 1.82) is 0 Å². The molecule has 2 heterocycles. The van der Waals surface area contributed by atoms with Crippen LogP contribution < -0.4 is 11.0 Å². The number of hydrogen-bond donors (Lipinski definition) is 2. The lowest BCUT2D eigenvalue weighted by Crippen LogP contribution is -2.30. The molecule has 2 aromatic rings. The molecule has 8 nitrogen and oxygen atoms in total. The van der Waals surface area contributed by atoms with E-state index in [1.165, 1.54) is 12.1 Å². The van der Waals surface area contributed by atoms with Crippen LogP contribution in [0.2, 0.25) is 0 Å². The normalized spacial score (nSPS) is 19.8. The van der Waals surface area contributed by atoms with Gasteiger partial charge < -0.3 is 19.9 Å². The minimum atomic E-state index is -0.967. The summed E-state index contributed by atoms with van der Waals surface area (Å²) in [6.07, 6.45) is -1.02. The number of benzene rings is 1. The van der Waals surface area contributed by atoms with Gasteiger partial charge in [0.25, 0.3) is 5.91 Å². The van der Waals surface area contributed by atoms with Gasteiger partial charge in [0.2, 0.25) is 0 Å². The number of aliphatic hydroxyl groups is 1. The standard InChI is InChI=1S/C15H13F2N3O5/c16-9-3-1-8(2-4-9)14(22)18-13-10(17)5-20(15(23)19-13)11-7-24-12(6-21)25-11/h1-5,11-12,21H,6-7H2,(H,18,19,22,23)/t11-,12-/m1/s1. The van der Waals surface area contributed by atoms with E-state index in [2.05, 4.69) is 10.3 Å². The Hall–Kier alpha value is -2.69. The smallest absolute Gasteiger partial charge is 0.351 e. The van der Waals surface area contributed by atoms with Crippen LogP contribution >= 0.6 is 0 Å². The molecule has 1 aliphatic rings. The average Bonchev–Trinajstić information content (AvgIpc) is 3.07.